The highest BCUT2D eigenvalue weighted by Crippen LogP contribution is 2.38. The zero-order chi connectivity index (χ0) is 20.5. The third-order valence-corrected chi connectivity index (χ3v) is 5.59. The quantitative estimate of drug-likeness (QED) is 0.447. The zero-order valence-electron chi connectivity index (χ0n) is 16.7. The standard InChI is InChI=1S/C26H21N3O/c1-2-7-19-8-6-11-23(16-19)29-25-13-12-22(17-21(25)18-27-29)28-24(14-15-26(28)30)20-9-4-3-5-10-20/h3-6,8-13,16-18,24H,14-15H2,1H3. The normalized spacial score (nSPS) is 16.0. The molecule has 1 saturated heterocycles. The summed E-state index contributed by atoms with van der Waals surface area (Å²) in [4.78, 5) is 14.6. The third kappa shape index (κ3) is 3.15. The molecule has 5 rings (SSSR count). The van der Waals surface area contributed by atoms with Crippen LogP contribution in [0.15, 0.2) is 79.0 Å². The number of fused-ring (bicyclic) bond motifs is 1. The van der Waals surface area contributed by atoms with E-state index in [2.05, 4.69) is 35.1 Å². The van der Waals surface area contributed by atoms with E-state index in [0.717, 1.165) is 34.3 Å². The van der Waals surface area contributed by atoms with Crippen molar-refractivity contribution in [1.82, 2.24) is 9.78 Å². The maximum absolute atomic E-state index is 12.7. The van der Waals surface area contributed by atoms with Gasteiger partial charge in [0.2, 0.25) is 5.91 Å². The summed E-state index contributed by atoms with van der Waals surface area (Å²) < 4.78 is 1.92. The third-order valence-electron chi connectivity index (χ3n) is 5.59. The monoisotopic (exact) mass is 391 g/mol. The van der Waals surface area contributed by atoms with Crippen molar-refractivity contribution in [2.45, 2.75) is 25.8 Å². The first-order valence-corrected chi connectivity index (χ1v) is 10.1. The fraction of sp³-hybridized carbons (Fsp3) is 0.154. The number of nitrogens with zero attached hydrogens (tertiary/aromatic N) is 3. The second-order valence-electron chi connectivity index (χ2n) is 7.45. The van der Waals surface area contributed by atoms with Crippen LogP contribution in [0.5, 0.6) is 0 Å². The van der Waals surface area contributed by atoms with Crippen molar-refractivity contribution in [1.29, 1.82) is 0 Å². The van der Waals surface area contributed by atoms with Crippen LogP contribution in [0, 0.1) is 11.8 Å². The summed E-state index contributed by atoms with van der Waals surface area (Å²) in [5, 5.41) is 5.60. The Balaban J connectivity index is 1.54. The summed E-state index contributed by atoms with van der Waals surface area (Å²) in [6.07, 6.45) is 3.27. The van der Waals surface area contributed by atoms with Gasteiger partial charge in [0, 0.05) is 23.1 Å². The van der Waals surface area contributed by atoms with Crippen LogP contribution in [0.2, 0.25) is 0 Å². The molecule has 1 atom stereocenters. The molecular formula is C26H21N3O. The van der Waals surface area contributed by atoms with Crippen LogP contribution in [-0.4, -0.2) is 15.7 Å². The van der Waals surface area contributed by atoms with Gasteiger partial charge in [0.1, 0.15) is 0 Å². The summed E-state index contributed by atoms with van der Waals surface area (Å²) in [6.45, 7) is 1.83. The summed E-state index contributed by atoms with van der Waals surface area (Å²) >= 11 is 0. The van der Waals surface area contributed by atoms with Crippen molar-refractivity contribution in [2.75, 3.05) is 4.90 Å². The average Bonchev–Trinajstić information content (AvgIpc) is 3.38. The van der Waals surface area contributed by atoms with Crippen LogP contribution in [0.4, 0.5) is 5.69 Å². The van der Waals surface area contributed by atoms with Crippen LogP contribution in [0.25, 0.3) is 16.6 Å². The number of aromatic nitrogens is 2. The number of hydrogen-bond acceptors (Lipinski definition) is 2. The van der Waals surface area contributed by atoms with Gasteiger partial charge in [-0.05, 0) is 55.3 Å². The van der Waals surface area contributed by atoms with Crippen LogP contribution >= 0.6 is 0 Å². The number of carbonyl (C=O) groups is 1. The van der Waals surface area contributed by atoms with Gasteiger partial charge < -0.3 is 4.90 Å². The minimum absolute atomic E-state index is 0.0792. The predicted octanol–water partition coefficient (Wildman–Crippen LogP) is 5.27. The molecule has 1 aliphatic heterocycles. The molecule has 4 heteroatoms. The SMILES string of the molecule is CC#Cc1cccc(-n2ncc3cc(N4C(=O)CCC4c4ccccc4)ccc32)c1. The van der Waals surface area contributed by atoms with Gasteiger partial charge in [0.05, 0.1) is 23.4 Å². The molecule has 146 valence electrons. The van der Waals surface area contributed by atoms with Gasteiger partial charge in [-0.1, -0.05) is 42.3 Å². The van der Waals surface area contributed by atoms with E-state index in [0.29, 0.717) is 6.42 Å². The van der Waals surface area contributed by atoms with Crippen molar-refractivity contribution < 1.29 is 4.79 Å². The number of carbonyl (C=O) groups excluding carboxylic acids is 1. The molecule has 30 heavy (non-hydrogen) atoms. The van der Waals surface area contributed by atoms with Crippen molar-refractivity contribution >= 4 is 22.5 Å². The molecule has 0 saturated carbocycles. The lowest BCUT2D eigenvalue weighted by Crippen LogP contribution is -2.27. The van der Waals surface area contributed by atoms with E-state index in [-0.39, 0.29) is 11.9 Å². The highest BCUT2D eigenvalue weighted by Gasteiger charge is 2.33. The van der Waals surface area contributed by atoms with Crippen LogP contribution < -0.4 is 4.90 Å². The number of rotatable bonds is 3. The van der Waals surface area contributed by atoms with Crippen molar-refractivity contribution in [3.63, 3.8) is 0 Å². The van der Waals surface area contributed by atoms with Crippen molar-refractivity contribution in [2.24, 2.45) is 0 Å². The smallest absolute Gasteiger partial charge is 0.227 e. The summed E-state index contributed by atoms with van der Waals surface area (Å²) in [5.41, 5.74) is 5.03. The molecule has 0 N–H and O–H groups in total. The fourth-order valence-corrected chi connectivity index (χ4v) is 4.23. The van der Waals surface area contributed by atoms with E-state index in [4.69, 9.17) is 0 Å². The van der Waals surface area contributed by atoms with Crippen molar-refractivity contribution in [3.8, 4) is 17.5 Å². The predicted molar refractivity (Wildman–Crippen MR) is 120 cm³/mol. The summed E-state index contributed by atoms with van der Waals surface area (Å²) in [6, 6.07) is 24.5. The summed E-state index contributed by atoms with van der Waals surface area (Å²) in [7, 11) is 0. The van der Waals surface area contributed by atoms with Gasteiger partial charge in [0.15, 0.2) is 0 Å². The highest BCUT2D eigenvalue weighted by molar-refractivity contribution is 5.98. The molecule has 1 aromatic heterocycles. The highest BCUT2D eigenvalue weighted by atomic mass is 16.2. The van der Waals surface area contributed by atoms with Gasteiger partial charge in [-0.2, -0.15) is 5.10 Å². The Morgan fingerprint density at radius 3 is 2.67 bits per heavy atom. The molecule has 4 nitrogen and oxygen atoms in total. The Labute approximate surface area is 175 Å². The topological polar surface area (TPSA) is 38.1 Å². The minimum atomic E-state index is 0.0792. The number of benzene rings is 3. The first-order chi connectivity index (χ1) is 14.7. The van der Waals surface area contributed by atoms with E-state index in [1.54, 1.807) is 0 Å². The van der Waals surface area contributed by atoms with Gasteiger partial charge in [-0.3, -0.25) is 4.79 Å². The van der Waals surface area contributed by atoms with E-state index in [1.807, 2.05) is 77.3 Å². The van der Waals surface area contributed by atoms with Gasteiger partial charge in [0.25, 0.3) is 0 Å². The Kier molecular flexibility index (Phi) is 4.57. The Bertz CT molecular complexity index is 1290. The van der Waals surface area contributed by atoms with E-state index in [1.165, 1.54) is 5.56 Å². The maximum Gasteiger partial charge on any atom is 0.227 e. The van der Waals surface area contributed by atoms with Gasteiger partial charge in [-0.25, -0.2) is 4.68 Å². The average molecular weight is 391 g/mol. The molecule has 3 aromatic carbocycles. The van der Waals surface area contributed by atoms with Crippen LogP contribution in [-0.2, 0) is 4.79 Å². The molecule has 2 heterocycles. The maximum atomic E-state index is 12.7. The molecule has 0 aliphatic carbocycles. The van der Waals surface area contributed by atoms with Crippen LogP contribution in [0.3, 0.4) is 0 Å². The molecule has 0 radical (unpaired) electrons. The summed E-state index contributed by atoms with van der Waals surface area (Å²) in [5.74, 6) is 6.20. The molecule has 1 unspecified atom stereocenters. The number of hydrogen-bond donors (Lipinski definition) is 0. The first kappa shape index (κ1) is 18.2. The number of amides is 1. The Morgan fingerprint density at radius 1 is 0.967 bits per heavy atom. The van der Waals surface area contributed by atoms with Gasteiger partial charge in [-0.15, -0.1) is 5.92 Å². The molecule has 1 aliphatic rings. The van der Waals surface area contributed by atoms with E-state index >= 15 is 0 Å². The minimum Gasteiger partial charge on any atom is -0.305 e. The molecular weight excluding hydrogens is 370 g/mol. The van der Waals surface area contributed by atoms with E-state index in [9.17, 15) is 4.79 Å². The lowest BCUT2D eigenvalue weighted by molar-refractivity contribution is -0.117. The second-order valence-corrected chi connectivity index (χ2v) is 7.45. The molecule has 0 spiro atoms. The Morgan fingerprint density at radius 2 is 1.83 bits per heavy atom. The first-order valence-electron chi connectivity index (χ1n) is 10.1. The fourth-order valence-electron chi connectivity index (χ4n) is 4.23. The molecule has 4 aromatic rings. The van der Waals surface area contributed by atoms with Crippen LogP contribution in [0.1, 0.15) is 36.9 Å². The molecule has 1 amide bonds. The second kappa shape index (κ2) is 7.53. The number of anilines is 1. The lowest BCUT2D eigenvalue weighted by atomic mass is 10.0. The largest absolute Gasteiger partial charge is 0.305 e. The Hall–Kier alpha value is -3.84. The molecule has 1 fully saturated rings. The lowest BCUT2D eigenvalue weighted by Gasteiger charge is -2.25. The zero-order valence-corrected chi connectivity index (χ0v) is 16.7. The van der Waals surface area contributed by atoms with Crippen molar-refractivity contribution in [3.05, 3.63) is 90.1 Å². The van der Waals surface area contributed by atoms with E-state index < -0.39 is 0 Å². The molecule has 0 bridgehead atoms. The van der Waals surface area contributed by atoms with Gasteiger partial charge >= 0.3 is 0 Å².